The van der Waals surface area contributed by atoms with Crippen LogP contribution in [0.15, 0.2) is 67.3 Å². The minimum Gasteiger partial charge on any atom is -0.390 e. The fourth-order valence-corrected chi connectivity index (χ4v) is 2.79. The molecule has 0 bridgehead atoms. The Labute approximate surface area is 155 Å². The molecule has 0 aliphatic rings. The summed E-state index contributed by atoms with van der Waals surface area (Å²) in [4.78, 5) is 20.4. The summed E-state index contributed by atoms with van der Waals surface area (Å²) in [5, 5.41) is 15.9. The van der Waals surface area contributed by atoms with E-state index >= 15 is 0 Å². The lowest BCUT2D eigenvalue weighted by Gasteiger charge is -2.07. The Morgan fingerprint density at radius 2 is 1.89 bits per heavy atom. The van der Waals surface area contributed by atoms with Crippen molar-refractivity contribution >= 4 is 17.2 Å². The Hall–Kier alpha value is -3.58. The summed E-state index contributed by atoms with van der Waals surface area (Å²) < 4.78 is 1.71. The number of nitrogens with one attached hydrogen (secondary N) is 1. The molecule has 4 aromatic rings. The maximum atomic E-state index is 12.2. The lowest BCUT2D eigenvalue weighted by Crippen LogP contribution is -2.14. The number of rotatable bonds is 5. The number of aromatic nitrogens is 4. The number of benzene rings is 1. The van der Waals surface area contributed by atoms with Gasteiger partial charge in [-0.05, 0) is 41.0 Å². The number of hydrogen-bond donors (Lipinski definition) is 2. The number of anilines is 1. The first-order valence-electron chi connectivity index (χ1n) is 8.45. The molecule has 0 aliphatic carbocycles. The highest BCUT2D eigenvalue weighted by Gasteiger charge is 2.06. The van der Waals surface area contributed by atoms with Gasteiger partial charge in [0.1, 0.15) is 6.33 Å². The minimum atomic E-state index is -0.120. The summed E-state index contributed by atoms with van der Waals surface area (Å²) in [5.41, 5.74) is 4.97. The highest BCUT2D eigenvalue weighted by atomic mass is 16.3. The summed E-state index contributed by atoms with van der Waals surface area (Å²) in [6, 6.07) is 15.2. The van der Waals surface area contributed by atoms with E-state index in [1.54, 1.807) is 16.6 Å². The molecular formula is C20H17N5O2. The van der Waals surface area contributed by atoms with Crippen LogP contribution < -0.4 is 5.32 Å². The van der Waals surface area contributed by atoms with E-state index in [2.05, 4.69) is 20.4 Å². The molecule has 0 atom stereocenters. The zero-order valence-corrected chi connectivity index (χ0v) is 14.4. The van der Waals surface area contributed by atoms with Crippen molar-refractivity contribution in [3.8, 4) is 11.1 Å². The van der Waals surface area contributed by atoms with Gasteiger partial charge < -0.3 is 10.4 Å². The SMILES string of the molecule is O=C(Cc1ccc(-c2ccn3ncnc3c2)cc1)Nc1ccc(CO)nc1. The van der Waals surface area contributed by atoms with E-state index in [0.717, 1.165) is 22.3 Å². The molecule has 2 N–H and O–H groups in total. The molecule has 3 heterocycles. The molecule has 134 valence electrons. The summed E-state index contributed by atoms with van der Waals surface area (Å²) in [6.07, 6.45) is 5.20. The van der Waals surface area contributed by atoms with E-state index in [4.69, 9.17) is 5.11 Å². The maximum absolute atomic E-state index is 12.2. The van der Waals surface area contributed by atoms with Crippen LogP contribution in [0.5, 0.6) is 0 Å². The largest absolute Gasteiger partial charge is 0.390 e. The van der Waals surface area contributed by atoms with Crippen LogP contribution in [0.2, 0.25) is 0 Å². The predicted molar refractivity (Wildman–Crippen MR) is 101 cm³/mol. The minimum absolute atomic E-state index is 0.119. The molecule has 7 heteroatoms. The molecule has 3 aromatic heterocycles. The third kappa shape index (κ3) is 3.83. The first-order valence-corrected chi connectivity index (χ1v) is 8.45. The molecule has 0 saturated heterocycles. The predicted octanol–water partition coefficient (Wildman–Crippen LogP) is 2.46. The number of hydrogen-bond acceptors (Lipinski definition) is 5. The number of carbonyl (C=O) groups excluding carboxylic acids is 1. The van der Waals surface area contributed by atoms with Crippen molar-refractivity contribution in [3.05, 3.63) is 78.5 Å². The van der Waals surface area contributed by atoms with Crippen molar-refractivity contribution < 1.29 is 9.90 Å². The van der Waals surface area contributed by atoms with Gasteiger partial charge in [-0.1, -0.05) is 24.3 Å². The number of amides is 1. The van der Waals surface area contributed by atoms with Crippen LogP contribution in [0.25, 0.3) is 16.8 Å². The highest BCUT2D eigenvalue weighted by molar-refractivity contribution is 5.92. The van der Waals surface area contributed by atoms with Crippen LogP contribution in [0.3, 0.4) is 0 Å². The highest BCUT2D eigenvalue weighted by Crippen LogP contribution is 2.21. The fourth-order valence-electron chi connectivity index (χ4n) is 2.79. The molecule has 7 nitrogen and oxygen atoms in total. The van der Waals surface area contributed by atoms with Crippen LogP contribution >= 0.6 is 0 Å². The van der Waals surface area contributed by atoms with Crippen molar-refractivity contribution in [2.24, 2.45) is 0 Å². The van der Waals surface area contributed by atoms with Gasteiger partial charge in [-0.25, -0.2) is 9.50 Å². The molecular weight excluding hydrogens is 342 g/mol. The Balaban J connectivity index is 1.42. The Bertz CT molecular complexity index is 1070. The number of nitrogens with zero attached hydrogens (tertiary/aromatic N) is 4. The van der Waals surface area contributed by atoms with Crippen LogP contribution in [0.4, 0.5) is 5.69 Å². The van der Waals surface area contributed by atoms with E-state index in [9.17, 15) is 4.79 Å². The van der Waals surface area contributed by atoms with Gasteiger partial charge in [0.15, 0.2) is 5.65 Å². The van der Waals surface area contributed by atoms with Crippen LogP contribution in [-0.4, -0.2) is 30.6 Å². The second-order valence-corrected chi connectivity index (χ2v) is 6.10. The van der Waals surface area contributed by atoms with Gasteiger partial charge >= 0.3 is 0 Å². The standard InChI is InChI=1S/C20H17N5O2/c26-12-18-6-5-17(11-21-18)24-20(27)9-14-1-3-15(4-2-14)16-7-8-25-19(10-16)22-13-23-25/h1-8,10-11,13,26H,9,12H2,(H,24,27). The Morgan fingerprint density at radius 3 is 2.63 bits per heavy atom. The quantitative estimate of drug-likeness (QED) is 0.571. The second kappa shape index (κ2) is 7.35. The van der Waals surface area contributed by atoms with Crippen LogP contribution in [-0.2, 0) is 17.8 Å². The molecule has 0 aliphatic heterocycles. The van der Waals surface area contributed by atoms with Gasteiger partial charge in [0.2, 0.25) is 5.91 Å². The van der Waals surface area contributed by atoms with Crippen molar-refractivity contribution in [1.82, 2.24) is 19.6 Å². The summed E-state index contributed by atoms with van der Waals surface area (Å²) in [7, 11) is 0. The molecule has 4 rings (SSSR count). The Morgan fingerprint density at radius 1 is 1.04 bits per heavy atom. The maximum Gasteiger partial charge on any atom is 0.228 e. The molecule has 1 amide bonds. The zero-order valence-electron chi connectivity index (χ0n) is 14.4. The van der Waals surface area contributed by atoms with E-state index in [1.165, 1.54) is 12.5 Å². The third-order valence-corrected chi connectivity index (χ3v) is 4.20. The molecule has 27 heavy (non-hydrogen) atoms. The zero-order chi connectivity index (χ0) is 18.6. The van der Waals surface area contributed by atoms with Crippen LogP contribution in [0.1, 0.15) is 11.3 Å². The van der Waals surface area contributed by atoms with Crippen molar-refractivity contribution in [1.29, 1.82) is 0 Å². The van der Waals surface area contributed by atoms with Gasteiger partial charge in [0, 0.05) is 6.20 Å². The first-order chi connectivity index (χ1) is 13.2. The monoisotopic (exact) mass is 359 g/mol. The first kappa shape index (κ1) is 16.9. The van der Waals surface area contributed by atoms with E-state index in [0.29, 0.717) is 11.4 Å². The number of fused-ring (bicyclic) bond motifs is 1. The summed E-state index contributed by atoms with van der Waals surface area (Å²) in [5.74, 6) is -0.119. The van der Waals surface area contributed by atoms with E-state index in [1.807, 2.05) is 42.6 Å². The van der Waals surface area contributed by atoms with Gasteiger partial charge in [-0.15, -0.1) is 0 Å². The number of aliphatic hydroxyl groups is 1. The van der Waals surface area contributed by atoms with Crippen molar-refractivity contribution in [3.63, 3.8) is 0 Å². The van der Waals surface area contributed by atoms with Gasteiger partial charge in [-0.2, -0.15) is 5.10 Å². The average molecular weight is 359 g/mol. The number of carbonyl (C=O) groups is 1. The molecule has 0 spiro atoms. The van der Waals surface area contributed by atoms with Crippen LogP contribution in [0, 0.1) is 0 Å². The topological polar surface area (TPSA) is 92.4 Å². The lowest BCUT2D eigenvalue weighted by atomic mass is 10.0. The van der Waals surface area contributed by atoms with Gasteiger partial charge in [-0.3, -0.25) is 9.78 Å². The summed E-state index contributed by atoms with van der Waals surface area (Å²) in [6.45, 7) is -0.120. The smallest absolute Gasteiger partial charge is 0.228 e. The third-order valence-electron chi connectivity index (χ3n) is 4.20. The summed E-state index contributed by atoms with van der Waals surface area (Å²) >= 11 is 0. The molecule has 1 aromatic carbocycles. The molecule has 0 fully saturated rings. The number of pyridine rings is 2. The number of aliphatic hydroxyl groups excluding tert-OH is 1. The van der Waals surface area contributed by atoms with Gasteiger partial charge in [0.25, 0.3) is 0 Å². The lowest BCUT2D eigenvalue weighted by molar-refractivity contribution is -0.115. The molecule has 0 saturated carbocycles. The molecule has 0 unspecified atom stereocenters. The van der Waals surface area contributed by atoms with E-state index in [-0.39, 0.29) is 18.9 Å². The second-order valence-electron chi connectivity index (χ2n) is 6.10. The van der Waals surface area contributed by atoms with Crippen molar-refractivity contribution in [2.75, 3.05) is 5.32 Å². The van der Waals surface area contributed by atoms with Gasteiger partial charge in [0.05, 0.1) is 30.6 Å². The normalized spacial score (nSPS) is 10.9. The fraction of sp³-hybridized carbons (Fsp3) is 0.100. The molecule has 0 radical (unpaired) electrons. The average Bonchev–Trinajstić information content (AvgIpc) is 3.17. The van der Waals surface area contributed by atoms with E-state index < -0.39 is 0 Å². The van der Waals surface area contributed by atoms with Crippen molar-refractivity contribution in [2.45, 2.75) is 13.0 Å². The Kier molecular flexibility index (Phi) is 4.59.